The van der Waals surface area contributed by atoms with E-state index in [1.807, 2.05) is 6.07 Å². The standard InChI is InChI=1S/C22H22N2O3/c1-14-4-2-3-5-16(14)18-7-6-15(17-9-11-27-21(17)18)12-24-20-13-23-10-8-19(20)22(25)26/h2-8,10,13,15,17,24H,9,11-12H2,1H3,(H,25,26)/t15-,17?/m1/s1. The highest BCUT2D eigenvalue weighted by Gasteiger charge is 2.34. The molecule has 2 heterocycles. The van der Waals surface area contributed by atoms with Crippen LogP contribution in [-0.4, -0.2) is 29.2 Å². The first kappa shape index (κ1) is 17.3. The minimum atomic E-state index is -0.953. The van der Waals surface area contributed by atoms with Crippen LogP contribution in [-0.2, 0) is 4.74 Å². The highest BCUT2D eigenvalue weighted by molar-refractivity contribution is 5.93. The molecular formula is C22H22N2O3. The van der Waals surface area contributed by atoms with Gasteiger partial charge in [-0.15, -0.1) is 0 Å². The number of aromatic carboxylic acids is 1. The number of allylic oxidation sites excluding steroid dienone is 3. The molecule has 1 saturated heterocycles. The molecule has 0 radical (unpaired) electrons. The number of carboxylic acid groups (broad SMARTS) is 1. The van der Waals surface area contributed by atoms with Crippen LogP contribution in [0.3, 0.4) is 0 Å². The molecule has 27 heavy (non-hydrogen) atoms. The summed E-state index contributed by atoms with van der Waals surface area (Å²) in [6.07, 6.45) is 8.40. The van der Waals surface area contributed by atoms with Gasteiger partial charge in [0.1, 0.15) is 5.76 Å². The Hall–Kier alpha value is -3.08. The van der Waals surface area contributed by atoms with Crippen LogP contribution in [0.25, 0.3) is 5.57 Å². The topological polar surface area (TPSA) is 71.5 Å². The Bertz CT molecular complexity index is 933. The molecule has 138 valence electrons. The molecule has 2 aromatic rings. The van der Waals surface area contributed by atoms with Crippen LogP contribution in [0.2, 0.25) is 0 Å². The van der Waals surface area contributed by atoms with Gasteiger partial charge in [0, 0.05) is 30.2 Å². The summed E-state index contributed by atoms with van der Waals surface area (Å²) in [5.41, 5.74) is 4.40. The minimum Gasteiger partial charge on any atom is -0.497 e. The predicted octanol–water partition coefficient (Wildman–Crippen LogP) is 4.13. The molecule has 1 unspecified atom stereocenters. The summed E-state index contributed by atoms with van der Waals surface area (Å²) in [6.45, 7) is 3.48. The van der Waals surface area contributed by atoms with Gasteiger partial charge in [-0.1, -0.05) is 36.4 Å². The van der Waals surface area contributed by atoms with E-state index in [1.165, 1.54) is 29.0 Å². The maximum Gasteiger partial charge on any atom is 0.337 e. The number of ether oxygens (including phenoxy) is 1. The fraction of sp³-hybridized carbons (Fsp3) is 0.273. The highest BCUT2D eigenvalue weighted by Crippen LogP contribution is 2.42. The quantitative estimate of drug-likeness (QED) is 0.837. The summed E-state index contributed by atoms with van der Waals surface area (Å²) < 4.78 is 6.02. The molecule has 0 spiro atoms. The van der Waals surface area contributed by atoms with Crippen LogP contribution in [0, 0.1) is 18.8 Å². The molecule has 1 aromatic carbocycles. The molecule has 1 aliphatic heterocycles. The van der Waals surface area contributed by atoms with Gasteiger partial charge in [-0.05, 0) is 30.5 Å². The van der Waals surface area contributed by atoms with Gasteiger partial charge in [0.15, 0.2) is 0 Å². The Morgan fingerprint density at radius 1 is 1.33 bits per heavy atom. The zero-order valence-corrected chi connectivity index (χ0v) is 15.2. The van der Waals surface area contributed by atoms with Crippen molar-refractivity contribution in [3.63, 3.8) is 0 Å². The SMILES string of the molecule is Cc1ccccc1C1=C2OCCC2[C@@H](CNc2cnccc2C(=O)O)C=C1. The number of hydrogen-bond donors (Lipinski definition) is 2. The van der Waals surface area contributed by atoms with Gasteiger partial charge in [-0.2, -0.15) is 0 Å². The zero-order chi connectivity index (χ0) is 18.8. The van der Waals surface area contributed by atoms with Crippen LogP contribution < -0.4 is 5.32 Å². The van der Waals surface area contributed by atoms with E-state index in [1.54, 1.807) is 6.20 Å². The zero-order valence-electron chi connectivity index (χ0n) is 15.2. The number of carboxylic acids is 1. The van der Waals surface area contributed by atoms with Crippen LogP contribution in [0.5, 0.6) is 0 Å². The molecule has 1 aliphatic carbocycles. The molecule has 4 rings (SSSR count). The number of nitrogens with zero attached hydrogens (tertiary/aromatic N) is 1. The number of pyridine rings is 1. The fourth-order valence-electron chi connectivity index (χ4n) is 3.91. The Balaban J connectivity index is 1.56. The van der Waals surface area contributed by atoms with Gasteiger partial charge in [-0.3, -0.25) is 4.98 Å². The average Bonchev–Trinajstić information content (AvgIpc) is 3.17. The lowest BCUT2D eigenvalue weighted by Crippen LogP contribution is -2.24. The fourth-order valence-corrected chi connectivity index (χ4v) is 3.91. The number of carbonyl (C=O) groups is 1. The largest absolute Gasteiger partial charge is 0.497 e. The van der Waals surface area contributed by atoms with Crippen molar-refractivity contribution >= 4 is 17.2 Å². The first-order valence-corrected chi connectivity index (χ1v) is 9.17. The summed E-state index contributed by atoms with van der Waals surface area (Å²) in [7, 11) is 0. The lowest BCUT2D eigenvalue weighted by molar-refractivity contribution is 0.0697. The molecule has 0 amide bonds. The van der Waals surface area contributed by atoms with Crippen molar-refractivity contribution in [3.05, 3.63) is 77.3 Å². The van der Waals surface area contributed by atoms with E-state index < -0.39 is 5.97 Å². The summed E-state index contributed by atoms with van der Waals surface area (Å²) in [6, 6.07) is 9.86. The average molecular weight is 362 g/mol. The van der Waals surface area contributed by atoms with Gasteiger partial charge in [0.25, 0.3) is 0 Å². The number of fused-ring (bicyclic) bond motifs is 1. The van der Waals surface area contributed by atoms with Crippen molar-refractivity contribution in [2.24, 2.45) is 11.8 Å². The predicted molar refractivity (Wildman–Crippen MR) is 104 cm³/mol. The van der Waals surface area contributed by atoms with Crippen molar-refractivity contribution < 1.29 is 14.6 Å². The van der Waals surface area contributed by atoms with E-state index >= 15 is 0 Å². The Labute approximate surface area is 158 Å². The Morgan fingerprint density at radius 3 is 3.00 bits per heavy atom. The normalized spacial score (nSPS) is 20.9. The molecule has 1 aromatic heterocycles. The lowest BCUT2D eigenvalue weighted by atomic mass is 9.81. The van der Waals surface area contributed by atoms with Crippen LogP contribution in [0.1, 0.15) is 27.9 Å². The van der Waals surface area contributed by atoms with E-state index in [4.69, 9.17) is 4.74 Å². The third-order valence-corrected chi connectivity index (χ3v) is 5.33. The Kier molecular flexibility index (Phi) is 4.67. The molecule has 2 aliphatic rings. The molecule has 5 nitrogen and oxygen atoms in total. The lowest BCUT2D eigenvalue weighted by Gasteiger charge is -2.27. The maximum absolute atomic E-state index is 11.4. The summed E-state index contributed by atoms with van der Waals surface area (Å²) in [5, 5.41) is 12.6. The van der Waals surface area contributed by atoms with Crippen LogP contribution in [0.15, 0.2) is 60.6 Å². The van der Waals surface area contributed by atoms with E-state index in [-0.39, 0.29) is 11.5 Å². The number of aryl methyl sites for hydroxylation is 1. The van der Waals surface area contributed by atoms with Gasteiger partial charge < -0.3 is 15.2 Å². The van der Waals surface area contributed by atoms with E-state index in [0.717, 1.165) is 18.8 Å². The van der Waals surface area contributed by atoms with E-state index in [9.17, 15) is 9.90 Å². The summed E-state index contributed by atoms with van der Waals surface area (Å²) in [4.78, 5) is 15.4. The van der Waals surface area contributed by atoms with Gasteiger partial charge in [-0.25, -0.2) is 4.79 Å². The number of aromatic nitrogens is 1. The molecule has 2 atom stereocenters. The van der Waals surface area contributed by atoms with Gasteiger partial charge in [0.05, 0.1) is 24.1 Å². The third kappa shape index (κ3) is 3.33. The van der Waals surface area contributed by atoms with E-state index in [0.29, 0.717) is 18.2 Å². The van der Waals surface area contributed by atoms with Crippen LogP contribution >= 0.6 is 0 Å². The number of benzene rings is 1. The van der Waals surface area contributed by atoms with Crippen molar-refractivity contribution in [3.8, 4) is 0 Å². The first-order valence-electron chi connectivity index (χ1n) is 9.17. The number of nitrogens with one attached hydrogen (secondary N) is 1. The molecule has 0 saturated carbocycles. The smallest absolute Gasteiger partial charge is 0.337 e. The van der Waals surface area contributed by atoms with Crippen molar-refractivity contribution in [1.82, 2.24) is 4.98 Å². The second-order valence-corrected chi connectivity index (χ2v) is 6.97. The van der Waals surface area contributed by atoms with Crippen LogP contribution in [0.4, 0.5) is 5.69 Å². The molecule has 2 N–H and O–H groups in total. The first-order chi connectivity index (χ1) is 13.1. The third-order valence-electron chi connectivity index (χ3n) is 5.33. The highest BCUT2D eigenvalue weighted by atomic mass is 16.5. The second kappa shape index (κ2) is 7.27. The Morgan fingerprint density at radius 2 is 2.19 bits per heavy atom. The molecule has 1 fully saturated rings. The van der Waals surface area contributed by atoms with Crippen molar-refractivity contribution in [1.29, 1.82) is 0 Å². The van der Waals surface area contributed by atoms with Gasteiger partial charge in [0.2, 0.25) is 0 Å². The van der Waals surface area contributed by atoms with E-state index in [2.05, 4.69) is 47.6 Å². The van der Waals surface area contributed by atoms with Gasteiger partial charge >= 0.3 is 5.97 Å². The number of anilines is 1. The molecular weight excluding hydrogens is 340 g/mol. The number of rotatable bonds is 5. The minimum absolute atomic E-state index is 0.240. The molecule has 0 bridgehead atoms. The van der Waals surface area contributed by atoms with Crippen molar-refractivity contribution in [2.75, 3.05) is 18.5 Å². The number of hydrogen-bond acceptors (Lipinski definition) is 4. The summed E-state index contributed by atoms with van der Waals surface area (Å²) >= 11 is 0. The molecule has 5 heteroatoms. The monoisotopic (exact) mass is 362 g/mol. The van der Waals surface area contributed by atoms with Crippen molar-refractivity contribution in [2.45, 2.75) is 13.3 Å². The maximum atomic E-state index is 11.4. The second-order valence-electron chi connectivity index (χ2n) is 6.97. The summed E-state index contributed by atoms with van der Waals surface area (Å²) in [5.74, 6) is 0.660.